The van der Waals surface area contributed by atoms with Gasteiger partial charge >= 0.3 is 6.61 Å². The van der Waals surface area contributed by atoms with E-state index in [4.69, 9.17) is 4.42 Å². The summed E-state index contributed by atoms with van der Waals surface area (Å²) in [5.41, 5.74) is 0.607. The first-order valence-electron chi connectivity index (χ1n) is 6.91. The first-order chi connectivity index (χ1) is 11.5. The summed E-state index contributed by atoms with van der Waals surface area (Å²) in [6, 6.07) is 5.97. The average Bonchev–Trinajstić information content (AvgIpc) is 3.17. The van der Waals surface area contributed by atoms with Crippen molar-refractivity contribution in [3.63, 3.8) is 0 Å². The van der Waals surface area contributed by atoms with Crippen molar-refractivity contribution in [3.05, 3.63) is 30.1 Å². The number of rotatable bonds is 6. The van der Waals surface area contributed by atoms with Crippen molar-refractivity contribution in [2.24, 2.45) is 0 Å². The van der Waals surface area contributed by atoms with Crippen LogP contribution in [-0.2, 0) is 0 Å². The molecule has 2 aromatic heterocycles. The maximum Gasteiger partial charge on any atom is 0.387 e. The van der Waals surface area contributed by atoms with Gasteiger partial charge in [-0.1, -0.05) is 13.8 Å². The molecule has 0 saturated heterocycles. The lowest BCUT2D eigenvalue weighted by Gasteiger charge is -2.03. The quantitative estimate of drug-likeness (QED) is 0.634. The lowest BCUT2D eigenvalue weighted by Crippen LogP contribution is -2.01. The van der Waals surface area contributed by atoms with E-state index in [-0.39, 0.29) is 17.6 Å². The number of ether oxygens (including phenoxy) is 1. The molecule has 0 unspecified atom stereocenters. The summed E-state index contributed by atoms with van der Waals surface area (Å²) in [5, 5.41) is 8.23. The standard InChI is InChI=1S/C14H12F2N4O2S2/c1-7(2)10-17-14(24-20-10)23-13-19-18-11(22-13)8-3-5-9(6-4-8)21-12(15)16/h3-7,12H,1-2H3. The molecule has 0 aliphatic carbocycles. The van der Waals surface area contributed by atoms with Gasteiger partial charge in [-0.05, 0) is 35.8 Å². The van der Waals surface area contributed by atoms with E-state index < -0.39 is 6.61 Å². The Balaban J connectivity index is 1.70. The molecule has 126 valence electrons. The second-order valence-corrected chi connectivity index (χ2v) is 6.90. The molecular formula is C14H12F2N4O2S2. The van der Waals surface area contributed by atoms with E-state index in [1.54, 1.807) is 12.1 Å². The number of nitrogens with zero attached hydrogens (tertiary/aromatic N) is 4. The van der Waals surface area contributed by atoms with Gasteiger partial charge in [0.2, 0.25) is 5.89 Å². The van der Waals surface area contributed by atoms with Crippen LogP contribution in [0.4, 0.5) is 8.78 Å². The molecule has 0 spiro atoms. The molecule has 0 aliphatic heterocycles. The van der Waals surface area contributed by atoms with Gasteiger partial charge in [-0.25, -0.2) is 4.98 Å². The average molecular weight is 370 g/mol. The van der Waals surface area contributed by atoms with Crippen LogP contribution in [0.25, 0.3) is 11.5 Å². The summed E-state index contributed by atoms with van der Waals surface area (Å²) in [6.45, 7) is 1.18. The van der Waals surface area contributed by atoms with Crippen molar-refractivity contribution >= 4 is 23.3 Å². The Morgan fingerprint density at radius 1 is 1.17 bits per heavy atom. The van der Waals surface area contributed by atoms with Crippen molar-refractivity contribution in [1.29, 1.82) is 0 Å². The fourth-order valence-electron chi connectivity index (χ4n) is 1.72. The largest absolute Gasteiger partial charge is 0.435 e. The Hall–Kier alpha value is -2.07. The third-order valence-electron chi connectivity index (χ3n) is 2.85. The fourth-order valence-corrected chi connectivity index (χ4v) is 3.24. The van der Waals surface area contributed by atoms with Gasteiger partial charge in [0.05, 0.1) is 0 Å². The zero-order valence-electron chi connectivity index (χ0n) is 12.6. The number of halogens is 2. The molecular weight excluding hydrogens is 358 g/mol. The third-order valence-corrected chi connectivity index (χ3v) is 4.45. The summed E-state index contributed by atoms with van der Waals surface area (Å²) < 4.78 is 39.1. The fraction of sp³-hybridized carbons (Fsp3) is 0.286. The summed E-state index contributed by atoms with van der Waals surface area (Å²) in [7, 11) is 0. The molecule has 24 heavy (non-hydrogen) atoms. The number of hydrogen-bond acceptors (Lipinski definition) is 8. The molecule has 6 nitrogen and oxygen atoms in total. The summed E-state index contributed by atoms with van der Waals surface area (Å²) >= 11 is 2.51. The minimum Gasteiger partial charge on any atom is -0.435 e. The lowest BCUT2D eigenvalue weighted by molar-refractivity contribution is -0.0498. The van der Waals surface area contributed by atoms with Crippen molar-refractivity contribution in [3.8, 4) is 17.2 Å². The monoisotopic (exact) mass is 370 g/mol. The Morgan fingerprint density at radius 3 is 2.54 bits per heavy atom. The summed E-state index contributed by atoms with van der Waals surface area (Å²) in [5.74, 6) is 1.38. The van der Waals surface area contributed by atoms with Crippen LogP contribution >= 0.6 is 23.3 Å². The van der Waals surface area contributed by atoms with Crippen molar-refractivity contribution in [2.75, 3.05) is 0 Å². The predicted molar refractivity (Wildman–Crippen MR) is 84.5 cm³/mol. The highest BCUT2D eigenvalue weighted by atomic mass is 32.2. The van der Waals surface area contributed by atoms with E-state index in [2.05, 4.69) is 24.3 Å². The Kier molecular flexibility index (Phi) is 5.05. The first kappa shape index (κ1) is 16.8. The van der Waals surface area contributed by atoms with Crippen LogP contribution in [0.2, 0.25) is 0 Å². The predicted octanol–water partition coefficient (Wildman–Crippen LogP) is 4.46. The van der Waals surface area contributed by atoms with E-state index in [0.717, 1.165) is 10.2 Å². The Labute approximate surface area is 144 Å². The number of hydrogen-bond donors (Lipinski definition) is 0. The molecule has 2 heterocycles. The Bertz CT molecular complexity index is 805. The van der Waals surface area contributed by atoms with E-state index in [1.807, 2.05) is 13.8 Å². The van der Waals surface area contributed by atoms with Gasteiger partial charge in [-0.2, -0.15) is 13.2 Å². The molecule has 0 fully saturated rings. The number of aromatic nitrogens is 4. The van der Waals surface area contributed by atoms with Gasteiger partial charge in [0.1, 0.15) is 11.6 Å². The zero-order valence-corrected chi connectivity index (χ0v) is 14.3. The van der Waals surface area contributed by atoms with Crippen LogP contribution in [-0.4, -0.2) is 26.2 Å². The van der Waals surface area contributed by atoms with Crippen LogP contribution in [0.1, 0.15) is 25.6 Å². The second kappa shape index (κ2) is 7.22. The number of benzene rings is 1. The zero-order chi connectivity index (χ0) is 17.1. The van der Waals surface area contributed by atoms with Crippen LogP contribution in [0, 0.1) is 0 Å². The topological polar surface area (TPSA) is 73.9 Å². The van der Waals surface area contributed by atoms with Crippen molar-refractivity contribution in [1.82, 2.24) is 19.6 Å². The molecule has 0 amide bonds. The highest BCUT2D eigenvalue weighted by Crippen LogP contribution is 2.31. The van der Waals surface area contributed by atoms with Crippen LogP contribution in [0.3, 0.4) is 0 Å². The van der Waals surface area contributed by atoms with E-state index in [9.17, 15) is 8.78 Å². The third kappa shape index (κ3) is 4.06. The maximum atomic E-state index is 12.1. The normalized spacial score (nSPS) is 11.4. The molecule has 0 bridgehead atoms. The van der Waals surface area contributed by atoms with Crippen LogP contribution in [0.15, 0.2) is 38.2 Å². The maximum absolute atomic E-state index is 12.1. The van der Waals surface area contributed by atoms with Gasteiger partial charge in [-0.15, -0.1) is 10.2 Å². The van der Waals surface area contributed by atoms with Crippen molar-refractivity contribution in [2.45, 2.75) is 35.9 Å². The van der Waals surface area contributed by atoms with Crippen LogP contribution < -0.4 is 4.74 Å². The van der Waals surface area contributed by atoms with E-state index in [0.29, 0.717) is 10.8 Å². The second-order valence-electron chi connectivity index (χ2n) is 4.95. The minimum absolute atomic E-state index is 0.0675. The van der Waals surface area contributed by atoms with E-state index in [1.165, 1.54) is 35.4 Å². The first-order valence-corrected chi connectivity index (χ1v) is 8.50. The molecule has 3 aromatic rings. The molecule has 3 rings (SSSR count). The molecule has 0 aliphatic rings. The van der Waals surface area contributed by atoms with Gasteiger partial charge in [-0.3, -0.25) is 0 Å². The van der Waals surface area contributed by atoms with Gasteiger partial charge < -0.3 is 9.15 Å². The van der Waals surface area contributed by atoms with Gasteiger partial charge in [0, 0.05) is 23.2 Å². The molecule has 10 heteroatoms. The summed E-state index contributed by atoms with van der Waals surface area (Å²) in [4.78, 5) is 4.38. The van der Waals surface area contributed by atoms with Crippen molar-refractivity contribution < 1.29 is 17.9 Å². The minimum atomic E-state index is -2.86. The molecule has 0 radical (unpaired) electrons. The van der Waals surface area contributed by atoms with Crippen LogP contribution in [0.5, 0.6) is 5.75 Å². The number of alkyl halides is 2. The smallest absolute Gasteiger partial charge is 0.387 e. The van der Waals surface area contributed by atoms with Gasteiger partial charge in [0.25, 0.3) is 5.22 Å². The summed E-state index contributed by atoms with van der Waals surface area (Å²) in [6.07, 6.45) is 0. The molecule has 0 N–H and O–H groups in total. The lowest BCUT2D eigenvalue weighted by atomic mass is 10.2. The highest BCUT2D eigenvalue weighted by molar-refractivity contribution is 8.00. The molecule has 0 atom stereocenters. The Morgan fingerprint density at radius 2 is 1.92 bits per heavy atom. The molecule has 1 aromatic carbocycles. The SMILES string of the molecule is CC(C)c1nsc(Sc2nnc(-c3ccc(OC(F)F)cc3)o2)n1. The highest BCUT2D eigenvalue weighted by Gasteiger charge is 2.14. The molecule has 0 saturated carbocycles. The van der Waals surface area contributed by atoms with E-state index >= 15 is 0 Å². The van der Waals surface area contributed by atoms with Gasteiger partial charge in [0.15, 0.2) is 4.34 Å².